The van der Waals surface area contributed by atoms with Crippen LogP contribution in [0.3, 0.4) is 0 Å². The van der Waals surface area contributed by atoms with Gasteiger partial charge in [0.1, 0.15) is 5.75 Å². The molecule has 0 aliphatic carbocycles. The summed E-state index contributed by atoms with van der Waals surface area (Å²) in [5.74, 6) is 0.728. The lowest BCUT2D eigenvalue weighted by Gasteiger charge is -2.10. The number of rotatable bonds is 4. The van der Waals surface area contributed by atoms with Gasteiger partial charge >= 0.3 is 0 Å². The van der Waals surface area contributed by atoms with Gasteiger partial charge in [-0.25, -0.2) is 0 Å². The summed E-state index contributed by atoms with van der Waals surface area (Å²) in [6.07, 6.45) is 2.27. The average Bonchev–Trinajstić information content (AvgIpc) is 2.18. The number of halogens is 2. The van der Waals surface area contributed by atoms with E-state index in [1.54, 1.807) is 7.11 Å². The first-order valence-electron chi connectivity index (χ1n) is 4.66. The highest BCUT2D eigenvalue weighted by molar-refractivity contribution is 9.09. The van der Waals surface area contributed by atoms with Crippen LogP contribution in [0.1, 0.15) is 30.2 Å². The molecular formula is C11H14BrClO. The van der Waals surface area contributed by atoms with Gasteiger partial charge in [-0.2, -0.15) is 0 Å². The molecule has 1 nitrogen and oxygen atoms in total. The van der Waals surface area contributed by atoms with Crippen LogP contribution in [0.4, 0.5) is 0 Å². The highest BCUT2D eigenvalue weighted by Crippen LogP contribution is 2.33. The van der Waals surface area contributed by atoms with E-state index in [1.165, 1.54) is 5.56 Å². The van der Waals surface area contributed by atoms with Gasteiger partial charge in [0, 0.05) is 4.83 Å². The highest BCUT2D eigenvalue weighted by atomic mass is 79.9. The topological polar surface area (TPSA) is 9.23 Å². The van der Waals surface area contributed by atoms with Gasteiger partial charge in [0.05, 0.1) is 12.1 Å². The van der Waals surface area contributed by atoms with Crippen LogP contribution in [0.2, 0.25) is 5.02 Å². The summed E-state index contributed by atoms with van der Waals surface area (Å²) in [7, 11) is 1.62. The van der Waals surface area contributed by atoms with Gasteiger partial charge in [-0.3, -0.25) is 0 Å². The molecule has 0 N–H and O–H groups in total. The molecule has 1 aromatic carbocycles. The number of ether oxygens (including phenoxy) is 1. The minimum absolute atomic E-state index is 0.385. The molecule has 0 amide bonds. The molecule has 78 valence electrons. The van der Waals surface area contributed by atoms with Crippen molar-refractivity contribution < 1.29 is 4.74 Å². The minimum Gasteiger partial charge on any atom is -0.495 e. The van der Waals surface area contributed by atoms with E-state index in [1.807, 2.05) is 18.2 Å². The Balaban J connectivity index is 2.85. The van der Waals surface area contributed by atoms with E-state index in [0.29, 0.717) is 9.85 Å². The van der Waals surface area contributed by atoms with Crippen molar-refractivity contribution in [3.05, 3.63) is 28.8 Å². The standard InChI is InChI=1S/C11H14BrClO/c1-3-4-9(12)8-5-6-11(14-2)10(13)7-8/h5-7,9H,3-4H2,1-2H3. The van der Waals surface area contributed by atoms with E-state index >= 15 is 0 Å². The van der Waals surface area contributed by atoms with Crippen LogP contribution in [0.25, 0.3) is 0 Å². The minimum atomic E-state index is 0.385. The molecule has 14 heavy (non-hydrogen) atoms. The highest BCUT2D eigenvalue weighted by Gasteiger charge is 2.08. The Hall–Kier alpha value is -0.210. The molecule has 1 atom stereocenters. The van der Waals surface area contributed by atoms with Gasteiger partial charge in [-0.1, -0.05) is 46.9 Å². The van der Waals surface area contributed by atoms with Gasteiger partial charge < -0.3 is 4.74 Å². The zero-order chi connectivity index (χ0) is 10.6. The molecule has 1 aromatic rings. The zero-order valence-electron chi connectivity index (χ0n) is 8.39. The predicted octanol–water partition coefficient (Wildman–Crippen LogP) is 4.58. The van der Waals surface area contributed by atoms with Crippen LogP contribution in [0, 0.1) is 0 Å². The van der Waals surface area contributed by atoms with Crippen LogP contribution in [0.15, 0.2) is 18.2 Å². The van der Waals surface area contributed by atoms with Crippen molar-refractivity contribution in [2.45, 2.75) is 24.6 Å². The number of hydrogen-bond donors (Lipinski definition) is 0. The van der Waals surface area contributed by atoms with Crippen molar-refractivity contribution >= 4 is 27.5 Å². The Labute approximate surface area is 98.5 Å². The maximum Gasteiger partial charge on any atom is 0.137 e. The van der Waals surface area contributed by atoms with Crippen LogP contribution in [-0.2, 0) is 0 Å². The number of hydrogen-bond acceptors (Lipinski definition) is 1. The van der Waals surface area contributed by atoms with Crippen molar-refractivity contribution in [1.29, 1.82) is 0 Å². The third kappa shape index (κ3) is 2.89. The predicted molar refractivity (Wildman–Crippen MR) is 64.6 cm³/mol. The van der Waals surface area contributed by atoms with Gasteiger partial charge in [0.25, 0.3) is 0 Å². The van der Waals surface area contributed by atoms with Crippen molar-refractivity contribution in [3.8, 4) is 5.75 Å². The molecule has 0 saturated heterocycles. The fourth-order valence-electron chi connectivity index (χ4n) is 1.30. The molecule has 0 heterocycles. The second-order valence-corrected chi connectivity index (χ2v) is 4.66. The summed E-state index contributed by atoms with van der Waals surface area (Å²) >= 11 is 9.66. The van der Waals surface area contributed by atoms with Crippen LogP contribution < -0.4 is 4.74 Å². The van der Waals surface area contributed by atoms with Gasteiger partial charge in [-0.05, 0) is 24.1 Å². The molecule has 1 rings (SSSR count). The fourth-order valence-corrected chi connectivity index (χ4v) is 2.31. The van der Waals surface area contributed by atoms with Crippen molar-refractivity contribution in [2.24, 2.45) is 0 Å². The molecule has 0 fully saturated rings. The first-order chi connectivity index (χ1) is 6.69. The molecule has 0 bridgehead atoms. The Morgan fingerprint density at radius 3 is 2.71 bits per heavy atom. The molecule has 1 unspecified atom stereocenters. The summed E-state index contributed by atoms with van der Waals surface area (Å²) in [5, 5.41) is 0.672. The van der Waals surface area contributed by atoms with E-state index < -0.39 is 0 Å². The number of alkyl halides is 1. The third-order valence-corrected chi connectivity index (χ3v) is 3.36. The second-order valence-electron chi connectivity index (χ2n) is 3.15. The first kappa shape index (κ1) is 11.9. The molecule has 3 heteroatoms. The lowest BCUT2D eigenvalue weighted by molar-refractivity contribution is 0.415. The number of benzene rings is 1. The lowest BCUT2D eigenvalue weighted by Crippen LogP contribution is -1.91. The fraction of sp³-hybridized carbons (Fsp3) is 0.455. The van der Waals surface area contributed by atoms with E-state index in [0.717, 1.165) is 18.6 Å². The van der Waals surface area contributed by atoms with E-state index in [2.05, 4.69) is 22.9 Å². The Kier molecular flexibility index (Phi) is 4.76. The zero-order valence-corrected chi connectivity index (χ0v) is 10.7. The smallest absolute Gasteiger partial charge is 0.137 e. The summed E-state index contributed by atoms with van der Waals surface area (Å²) in [5.41, 5.74) is 1.21. The Bertz CT molecular complexity index is 301. The molecule has 0 radical (unpaired) electrons. The Morgan fingerprint density at radius 1 is 1.50 bits per heavy atom. The van der Waals surface area contributed by atoms with Crippen molar-refractivity contribution in [2.75, 3.05) is 7.11 Å². The molecule has 0 aromatic heterocycles. The maximum atomic E-state index is 6.03. The normalized spacial score (nSPS) is 12.6. The lowest BCUT2D eigenvalue weighted by atomic mass is 10.1. The summed E-state index contributed by atoms with van der Waals surface area (Å²) in [6, 6.07) is 5.90. The summed E-state index contributed by atoms with van der Waals surface area (Å²) in [6.45, 7) is 2.17. The van der Waals surface area contributed by atoms with Crippen LogP contribution >= 0.6 is 27.5 Å². The number of methoxy groups -OCH3 is 1. The van der Waals surface area contributed by atoms with Gasteiger partial charge in [0.15, 0.2) is 0 Å². The van der Waals surface area contributed by atoms with E-state index in [9.17, 15) is 0 Å². The van der Waals surface area contributed by atoms with Crippen molar-refractivity contribution in [3.63, 3.8) is 0 Å². The SMILES string of the molecule is CCCC(Br)c1ccc(OC)c(Cl)c1. The van der Waals surface area contributed by atoms with Crippen LogP contribution in [-0.4, -0.2) is 7.11 Å². The molecule has 0 aliphatic rings. The third-order valence-electron chi connectivity index (χ3n) is 2.08. The summed E-state index contributed by atoms with van der Waals surface area (Å²) < 4.78 is 5.09. The van der Waals surface area contributed by atoms with Gasteiger partial charge in [-0.15, -0.1) is 0 Å². The second kappa shape index (κ2) is 5.62. The van der Waals surface area contributed by atoms with E-state index in [4.69, 9.17) is 16.3 Å². The molecule has 0 spiro atoms. The quantitative estimate of drug-likeness (QED) is 0.732. The largest absolute Gasteiger partial charge is 0.495 e. The van der Waals surface area contributed by atoms with Crippen molar-refractivity contribution in [1.82, 2.24) is 0 Å². The molecule has 0 aliphatic heterocycles. The Morgan fingerprint density at radius 2 is 2.21 bits per heavy atom. The molecule has 0 saturated carbocycles. The molecular weight excluding hydrogens is 263 g/mol. The first-order valence-corrected chi connectivity index (χ1v) is 5.96. The van der Waals surface area contributed by atoms with Gasteiger partial charge in [0.2, 0.25) is 0 Å². The van der Waals surface area contributed by atoms with Crippen LogP contribution in [0.5, 0.6) is 5.75 Å². The monoisotopic (exact) mass is 276 g/mol. The summed E-state index contributed by atoms with van der Waals surface area (Å²) in [4.78, 5) is 0.385. The average molecular weight is 278 g/mol. The van der Waals surface area contributed by atoms with E-state index in [-0.39, 0.29) is 0 Å². The maximum absolute atomic E-state index is 6.03.